The summed E-state index contributed by atoms with van der Waals surface area (Å²) in [4.78, 5) is 15.1. The maximum absolute atomic E-state index is 12.9. The smallest absolute Gasteiger partial charge is 0.242 e. The lowest BCUT2D eigenvalue weighted by atomic mass is 10.1. The van der Waals surface area contributed by atoms with Gasteiger partial charge in [0.25, 0.3) is 0 Å². The number of anilines is 1. The van der Waals surface area contributed by atoms with Gasteiger partial charge in [0.15, 0.2) is 0 Å². The summed E-state index contributed by atoms with van der Waals surface area (Å²) in [6, 6.07) is 15.9. The zero-order chi connectivity index (χ0) is 21.9. The highest BCUT2D eigenvalue weighted by Crippen LogP contribution is 2.26. The fraction of sp³-hybridized carbons (Fsp3) is 0.409. The zero-order valence-electron chi connectivity index (χ0n) is 17.8. The van der Waals surface area contributed by atoms with Gasteiger partial charge in [-0.2, -0.15) is 0 Å². The van der Waals surface area contributed by atoms with E-state index >= 15 is 0 Å². The average Bonchev–Trinajstić information content (AvgIpc) is 2.73. The van der Waals surface area contributed by atoms with Crippen LogP contribution in [-0.4, -0.2) is 62.9 Å². The molecule has 1 N–H and O–H groups in total. The summed E-state index contributed by atoms with van der Waals surface area (Å²) in [7, 11) is -0.611. The van der Waals surface area contributed by atoms with Crippen molar-refractivity contribution in [1.82, 2.24) is 9.21 Å². The Morgan fingerprint density at radius 1 is 1.13 bits per heavy atom. The van der Waals surface area contributed by atoms with Crippen molar-refractivity contribution < 1.29 is 17.9 Å². The van der Waals surface area contributed by atoms with Crippen LogP contribution in [0.4, 0.5) is 5.69 Å². The molecule has 162 valence electrons. The van der Waals surface area contributed by atoms with Crippen LogP contribution in [0.2, 0.25) is 0 Å². The van der Waals surface area contributed by atoms with Crippen LogP contribution in [-0.2, 0) is 19.6 Å². The van der Waals surface area contributed by atoms with E-state index in [-0.39, 0.29) is 23.0 Å². The molecular formula is C22H29N3O4S. The molecule has 7 nitrogen and oxygen atoms in total. The Hall–Kier alpha value is -2.26. The lowest BCUT2D eigenvalue weighted by Gasteiger charge is -2.39. The molecule has 1 fully saturated rings. The molecule has 1 aliphatic rings. The number of carbonyl (C=O) groups is 1. The van der Waals surface area contributed by atoms with Gasteiger partial charge >= 0.3 is 0 Å². The van der Waals surface area contributed by atoms with Crippen molar-refractivity contribution in [3.63, 3.8) is 0 Å². The van der Waals surface area contributed by atoms with Crippen LogP contribution in [0, 0.1) is 0 Å². The molecule has 0 saturated carbocycles. The van der Waals surface area contributed by atoms with Crippen molar-refractivity contribution >= 4 is 21.6 Å². The third-order valence-corrected chi connectivity index (χ3v) is 7.08. The molecular weight excluding hydrogens is 402 g/mol. The highest BCUT2D eigenvalue weighted by atomic mass is 32.2. The monoisotopic (exact) mass is 431 g/mol. The van der Waals surface area contributed by atoms with E-state index in [0.717, 1.165) is 9.87 Å². The molecule has 3 atom stereocenters. The van der Waals surface area contributed by atoms with Crippen LogP contribution in [0.5, 0.6) is 0 Å². The van der Waals surface area contributed by atoms with E-state index in [4.69, 9.17) is 4.74 Å². The molecule has 2 aromatic rings. The maximum atomic E-state index is 12.9. The summed E-state index contributed by atoms with van der Waals surface area (Å²) in [5.41, 5.74) is 1.54. The quantitative estimate of drug-likeness (QED) is 0.761. The van der Waals surface area contributed by atoms with Gasteiger partial charge in [0.1, 0.15) is 0 Å². The maximum Gasteiger partial charge on any atom is 0.242 e. The summed E-state index contributed by atoms with van der Waals surface area (Å²) in [6.45, 7) is 5.11. The minimum absolute atomic E-state index is 0.00670. The van der Waals surface area contributed by atoms with Gasteiger partial charge in [-0.15, -0.1) is 0 Å². The average molecular weight is 432 g/mol. The van der Waals surface area contributed by atoms with Crippen LogP contribution in [0.3, 0.4) is 0 Å². The molecule has 0 spiro atoms. The number of morpholine rings is 1. The number of amides is 1. The highest BCUT2D eigenvalue weighted by Gasteiger charge is 2.32. The number of ether oxygens (including phenoxy) is 1. The second-order valence-corrected chi connectivity index (χ2v) is 9.93. The molecule has 1 heterocycles. The predicted molar refractivity (Wildman–Crippen MR) is 117 cm³/mol. The fourth-order valence-corrected chi connectivity index (χ4v) is 4.46. The second-order valence-electron chi connectivity index (χ2n) is 7.78. The number of carbonyl (C=O) groups excluding carboxylic acids is 1. The van der Waals surface area contributed by atoms with Gasteiger partial charge in [-0.3, -0.25) is 9.69 Å². The lowest BCUT2D eigenvalue weighted by molar-refractivity contribution is -0.128. The predicted octanol–water partition coefficient (Wildman–Crippen LogP) is 2.73. The molecule has 1 aliphatic heterocycles. The van der Waals surface area contributed by atoms with E-state index in [1.165, 1.54) is 26.2 Å². The standard InChI is InChI=1S/C22H29N3O4S/c1-16-14-25(15-21(29-16)18-9-6-5-7-10-18)17(2)22(26)23-19-11-8-12-20(13-19)30(27,28)24(3)4/h5-13,16-17,21H,14-15H2,1-4H3,(H,23,26). The van der Waals surface area contributed by atoms with Gasteiger partial charge in [0, 0.05) is 32.9 Å². The number of rotatable bonds is 6. The molecule has 30 heavy (non-hydrogen) atoms. The molecule has 0 radical (unpaired) electrons. The number of sulfonamides is 1. The van der Waals surface area contributed by atoms with E-state index in [1.807, 2.05) is 44.2 Å². The summed E-state index contributed by atoms with van der Waals surface area (Å²) in [5.74, 6) is -0.185. The van der Waals surface area contributed by atoms with Crippen molar-refractivity contribution in [3.05, 3.63) is 60.2 Å². The van der Waals surface area contributed by atoms with E-state index in [9.17, 15) is 13.2 Å². The van der Waals surface area contributed by atoms with Crippen LogP contribution >= 0.6 is 0 Å². The number of nitrogens with one attached hydrogen (secondary N) is 1. The Morgan fingerprint density at radius 3 is 2.50 bits per heavy atom. The largest absolute Gasteiger partial charge is 0.368 e. The molecule has 1 amide bonds. The summed E-state index contributed by atoms with van der Waals surface area (Å²) < 4.78 is 31.9. The van der Waals surface area contributed by atoms with Gasteiger partial charge < -0.3 is 10.1 Å². The van der Waals surface area contributed by atoms with Gasteiger partial charge in [0.2, 0.25) is 15.9 Å². The molecule has 2 aromatic carbocycles. The summed E-state index contributed by atoms with van der Waals surface area (Å²) >= 11 is 0. The molecule has 0 aromatic heterocycles. The number of benzene rings is 2. The van der Waals surface area contributed by atoms with Crippen molar-refractivity contribution in [2.75, 3.05) is 32.5 Å². The van der Waals surface area contributed by atoms with Gasteiger partial charge in [0.05, 0.1) is 23.1 Å². The topological polar surface area (TPSA) is 79.0 Å². The van der Waals surface area contributed by atoms with E-state index in [1.54, 1.807) is 12.1 Å². The first kappa shape index (κ1) is 22.4. The fourth-order valence-electron chi connectivity index (χ4n) is 3.51. The van der Waals surface area contributed by atoms with Crippen LogP contribution < -0.4 is 5.32 Å². The Balaban J connectivity index is 1.71. The number of hydrogen-bond donors (Lipinski definition) is 1. The lowest BCUT2D eigenvalue weighted by Crippen LogP contribution is -2.51. The Bertz CT molecular complexity index is 979. The van der Waals surface area contributed by atoms with Crippen molar-refractivity contribution in [1.29, 1.82) is 0 Å². The minimum atomic E-state index is -3.57. The van der Waals surface area contributed by atoms with Gasteiger partial charge in [-0.25, -0.2) is 12.7 Å². The number of nitrogens with zero attached hydrogens (tertiary/aromatic N) is 2. The first-order valence-electron chi connectivity index (χ1n) is 9.96. The van der Waals surface area contributed by atoms with Crippen molar-refractivity contribution in [2.24, 2.45) is 0 Å². The van der Waals surface area contributed by atoms with Gasteiger partial charge in [-0.05, 0) is 37.6 Å². The van der Waals surface area contributed by atoms with Crippen molar-refractivity contribution in [3.8, 4) is 0 Å². The molecule has 0 aliphatic carbocycles. The van der Waals surface area contributed by atoms with E-state index < -0.39 is 16.1 Å². The summed E-state index contributed by atoms with van der Waals surface area (Å²) in [5, 5.41) is 2.86. The van der Waals surface area contributed by atoms with Crippen LogP contribution in [0.25, 0.3) is 0 Å². The first-order valence-corrected chi connectivity index (χ1v) is 11.4. The van der Waals surface area contributed by atoms with E-state index in [2.05, 4.69) is 10.2 Å². The third kappa shape index (κ3) is 5.07. The Kier molecular flexibility index (Phi) is 6.92. The second kappa shape index (κ2) is 9.26. The SMILES string of the molecule is CC1CN(C(C)C(=O)Nc2cccc(S(=O)(=O)N(C)C)c2)CC(c2ccccc2)O1. The molecule has 8 heteroatoms. The van der Waals surface area contributed by atoms with Gasteiger partial charge in [-0.1, -0.05) is 36.4 Å². The van der Waals surface area contributed by atoms with E-state index in [0.29, 0.717) is 18.8 Å². The summed E-state index contributed by atoms with van der Waals surface area (Å²) in [6.07, 6.45) is -0.105. The minimum Gasteiger partial charge on any atom is -0.368 e. The molecule has 0 bridgehead atoms. The Labute approximate surface area is 178 Å². The highest BCUT2D eigenvalue weighted by molar-refractivity contribution is 7.89. The van der Waals surface area contributed by atoms with Crippen molar-refractivity contribution in [2.45, 2.75) is 37.0 Å². The molecule has 3 unspecified atom stereocenters. The zero-order valence-corrected chi connectivity index (χ0v) is 18.6. The molecule has 3 rings (SSSR count). The van der Waals surface area contributed by atoms with Crippen LogP contribution in [0.1, 0.15) is 25.5 Å². The first-order chi connectivity index (χ1) is 14.2. The molecule has 1 saturated heterocycles. The Morgan fingerprint density at radius 2 is 1.83 bits per heavy atom. The normalized spacial score (nSPS) is 21.4. The third-order valence-electron chi connectivity index (χ3n) is 5.27. The number of hydrogen-bond acceptors (Lipinski definition) is 5. The van der Waals surface area contributed by atoms with Crippen LogP contribution in [0.15, 0.2) is 59.5 Å².